The highest BCUT2D eigenvalue weighted by atomic mass is 32.2. The zero-order valence-electron chi connectivity index (χ0n) is 17.5. The first kappa shape index (κ1) is 24.1. The summed E-state index contributed by atoms with van der Waals surface area (Å²) in [4.78, 5) is 47.1. The van der Waals surface area contributed by atoms with E-state index in [1.165, 1.54) is 36.1 Å². The second kappa shape index (κ2) is 10.1. The number of aliphatic hydroxyl groups is 1. The summed E-state index contributed by atoms with van der Waals surface area (Å²) < 4.78 is 5.07. The molecule has 15 heteroatoms. The quantitative estimate of drug-likeness (QED) is 0.281. The van der Waals surface area contributed by atoms with E-state index >= 15 is 0 Å². The number of aliphatic carboxylic acids is 1. The maximum absolute atomic E-state index is 12.8. The second-order valence-electron chi connectivity index (χ2n) is 7.03. The van der Waals surface area contributed by atoms with Gasteiger partial charge in [-0.25, -0.2) is 9.78 Å². The Morgan fingerprint density at radius 1 is 1.47 bits per heavy atom. The molecule has 0 aliphatic carbocycles. The molecule has 4 rings (SSSR count). The van der Waals surface area contributed by atoms with E-state index in [9.17, 15) is 24.6 Å². The summed E-state index contributed by atoms with van der Waals surface area (Å²) in [7, 11) is 1.28. The minimum atomic E-state index is -1.29. The van der Waals surface area contributed by atoms with E-state index in [1.807, 2.05) is 0 Å². The zero-order valence-corrected chi connectivity index (χ0v) is 20.0. The van der Waals surface area contributed by atoms with Crippen LogP contribution in [0.2, 0.25) is 0 Å². The number of amides is 1. The lowest BCUT2D eigenvalue weighted by atomic mass is 10.0. The highest BCUT2D eigenvalue weighted by Crippen LogP contribution is 2.43. The molecule has 5 N–H and O–H groups in total. The Morgan fingerprint density at radius 2 is 2.26 bits per heavy atom. The summed E-state index contributed by atoms with van der Waals surface area (Å²) in [6.07, 6.45) is 0.0891. The zero-order chi connectivity index (χ0) is 24.4. The summed E-state index contributed by atoms with van der Waals surface area (Å²) in [5, 5.41) is 27.8. The van der Waals surface area contributed by atoms with Crippen molar-refractivity contribution in [1.29, 1.82) is 0 Å². The first-order chi connectivity index (χ1) is 16.3. The van der Waals surface area contributed by atoms with Crippen molar-refractivity contribution in [3.8, 4) is 0 Å². The van der Waals surface area contributed by atoms with Gasteiger partial charge in [0.25, 0.3) is 11.0 Å². The molecular weight excluding hydrogens is 506 g/mol. The molecule has 0 radical (unpaired) electrons. The van der Waals surface area contributed by atoms with E-state index in [0.29, 0.717) is 11.3 Å². The lowest BCUT2D eigenvalue weighted by Crippen LogP contribution is -2.73. The van der Waals surface area contributed by atoms with Gasteiger partial charge < -0.3 is 35.4 Å². The number of aromatic nitrogens is 1. The van der Waals surface area contributed by atoms with Crippen molar-refractivity contribution in [2.45, 2.75) is 17.6 Å². The minimum absolute atomic E-state index is 0.0837. The molecule has 1 saturated heterocycles. The van der Waals surface area contributed by atoms with Crippen molar-refractivity contribution in [2.75, 3.05) is 24.3 Å². The number of thioether (sulfide) groups is 2. The summed E-state index contributed by atoms with van der Waals surface area (Å²) in [5.41, 5.74) is 6.13. The van der Waals surface area contributed by atoms with Crippen LogP contribution in [-0.2, 0) is 14.4 Å². The van der Waals surface area contributed by atoms with Crippen molar-refractivity contribution in [3.63, 3.8) is 0 Å². The van der Waals surface area contributed by atoms with Gasteiger partial charge in [0.2, 0.25) is 0 Å². The van der Waals surface area contributed by atoms with Crippen LogP contribution in [0.5, 0.6) is 0 Å². The van der Waals surface area contributed by atoms with Crippen LogP contribution < -0.4 is 11.1 Å². The number of nitrogen functional groups attached to an aromatic ring is 1. The SMILES string of the molecule is CO/N=C(\C(=O)NC1C(O)N2C(C(=O)O)=C(CSC(=O)c3ccco3)CSC12)c1csc(N)n1. The van der Waals surface area contributed by atoms with Crippen molar-refractivity contribution in [1.82, 2.24) is 15.2 Å². The molecule has 2 aliphatic rings. The number of nitrogens with zero attached hydrogens (tertiary/aromatic N) is 3. The van der Waals surface area contributed by atoms with Gasteiger partial charge in [-0.15, -0.1) is 23.1 Å². The number of hydrogen-bond donors (Lipinski definition) is 4. The highest BCUT2D eigenvalue weighted by Gasteiger charge is 2.54. The number of furan rings is 1. The fraction of sp³-hybridized carbons (Fsp3) is 0.316. The molecule has 2 aliphatic heterocycles. The molecule has 0 bridgehead atoms. The van der Waals surface area contributed by atoms with Crippen LogP contribution in [0.15, 0.2) is 44.6 Å². The Labute approximate surface area is 205 Å². The number of fused-ring (bicyclic) bond motifs is 1. The van der Waals surface area contributed by atoms with Gasteiger partial charge in [0.1, 0.15) is 29.9 Å². The third-order valence-corrected chi connectivity index (χ3v) is 7.98. The molecule has 0 spiro atoms. The summed E-state index contributed by atoms with van der Waals surface area (Å²) >= 11 is 3.40. The molecule has 3 atom stereocenters. The molecule has 180 valence electrons. The number of aliphatic hydroxyl groups excluding tert-OH is 1. The third kappa shape index (κ3) is 4.64. The summed E-state index contributed by atoms with van der Waals surface area (Å²) in [5.74, 6) is -1.28. The van der Waals surface area contributed by atoms with Gasteiger partial charge in [-0.3, -0.25) is 9.59 Å². The molecule has 0 aromatic carbocycles. The summed E-state index contributed by atoms with van der Waals surface area (Å²) in [6, 6.07) is 2.35. The maximum atomic E-state index is 12.8. The van der Waals surface area contributed by atoms with Crippen molar-refractivity contribution >= 4 is 62.7 Å². The number of carbonyl (C=O) groups is 3. The van der Waals surface area contributed by atoms with Gasteiger partial charge in [0.05, 0.1) is 6.26 Å². The van der Waals surface area contributed by atoms with Gasteiger partial charge in [-0.2, -0.15) is 0 Å². The average Bonchev–Trinajstić information content (AvgIpc) is 3.50. The lowest BCUT2D eigenvalue weighted by Gasteiger charge is -2.55. The fourth-order valence-corrected chi connectivity index (χ4v) is 6.37. The maximum Gasteiger partial charge on any atom is 0.352 e. The van der Waals surface area contributed by atoms with E-state index in [2.05, 4.69) is 15.5 Å². The molecule has 4 heterocycles. The first-order valence-corrected chi connectivity index (χ1v) is 12.6. The van der Waals surface area contributed by atoms with Gasteiger partial charge in [-0.05, 0) is 17.7 Å². The van der Waals surface area contributed by atoms with Crippen molar-refractivity contribution in [3.05, 3.63) is 46.5 Å². The molecule has 2 aromatic heterocycles. The van der Waals surface area contributed by atoms with Gasteiger partial charge >= 0.3 is 5.97 Å². The molecule has 2 aromatic rings. The predicted molar refractivity (Wildman–Crippen MR) is 126 cm³/mol. The van der Waals surface area contributed by atoms with E-state index in [1.54, 1.807) is 11.4 Å². The van der Waals surface area contributed by atoms with E-state index in [4.69, 9.17) is 15.0 Å². The van der Waals surface area contributed by atoms with E-state index < -0.39 is 29.5 Å². The number of thiazole rings is 1. The van der Waals surface area contributed by atoms with Crippen molar-refractivity contribution in [2.24, 2.45) is 5.16 Å². The number of nitrogens with one attached hydrogen (secondary N) is 1. The van der Waals surface area contributed by atoms with Crippen LogP contribution in [0.3, 0.4) is 0 Å². The fourth-order valence-electron chi connectivity index (χ4n) is 3.47. The highest BCUT2D eigenvalue weighted by molar-refractivity contribution is 8.14. The molecular formula is C19H19N5O7S3. The topological polar surface area (TPSA) is 181 Å². The lowest BCUT2D eigenvalue weighted by molar-refractivity contribution is -0.146. The Kier molecular flexibility index (Phi) is 7.16. The number of carbonyl (C=O) groups excluding carboxylic acids is 2. The third-order valence-electron chi connectivity index (χ3n) is 4.97. The molecule has 1 fully saturated rings. The second-order valence-corrected chi connectivity index (χ2v) is 9.97. The number of hydrogen-bond acceptors (Lipinski definition) is 13. The predicted octanol–water partition coefficient (Wildman–Crippen LogP) is 0.773. The van der Waals surface area contributed by atoms with E-state index in [0.717, 1.165) is 23.1 Å². The number of nitrogens with two attached hydrogens (primary N) is 1. The van der Waals surface area contributed by atoms with Crippen LogP contribution in [0.25, 0.3) is 0 Å². The number of oxime groups is 1. The monoisotopic (exact) mass is 525 g/mol. The van der Waals surface area contributed by atoms with Crippen LogP contribution in [-0.4, -0.2) is 79.1 Å². The van der Waals surface area contributed by atoms with Crippen LogP contribution in [0, 0.1) is 0 Å². The van der Waals surface area contributed by atoms with Crippen molar-refractivity contribution < 1.29 is 33.9 Å². The Balaban J connectivity index is 1.47. The number of carboxylic acids is 1. The summed E-state index contributed by atoms with van der Waals surface area (Å²) in [6.45, 7) is 0. The Hall–Kier alpha value is -3.01. The number of rotatable bonds is 8. The van der Waals surface area contributed by atoms with E-state index in [-0.39, 0.29) is 38.9 Å². The Morgan fingerprint density at radius 3 is 2.88 bits per heavy atom. The largest absolute Gasteiger partial charge is 0.477 e. The standard InChI is InChI=1S/C19H19N5O7S3/c1-30-23-11(9-7-34-19(20)21-9)14(25)22-12-15(26)24-13(17(27)28)8(5-32-16(12)24)6-33-18(29)10-3-2-4-31-10/h2-4,7,12,15-16,26H,5-6H2,1H3,(H2,20,21)(H,22,25)(H,27,28)/b23-11-. The molecule has 1 amide bonds. The minimum Gasteiger partial charge on any atom is -0.477 e. The Bertz CT molecular complexity index is 1160. The number of anilines is 1. The van der Waals surface area contributed by atoms with Crippen LogP contribution in [0.1, 0.15) is 16.2 Å². The average molecular weight is 526 g/mol. The smallest absolute Gasteiger partial charge is 0.352 e. The molecule has 3 unspecified atom stereocenters. The normalized spacial score (nSPS) is 22.1. The van der Waals surface area contributed by atoms with Gasteiger partial charge in [0, 0.05) is 16.9 Å². The first-order valence-electron chi connectivity index (χ1n) is 9.69. The van der Waals surface area contributed by atoms with Gasteiger partial charge in [0.15, 0.2) is 22.8 Å². The van der Waals surface area contributed by atoms with Gasteiger partial charge in [-0.1, -0.05) is 16.9 Å². The van der Waals surface area contributed by atoms with Crippen LogP contribution >= 0.6 is 34.9 Å². The molecule has 34 heavy (non-hydrogen) atoms. The molecule has 0 saturated carbocycles. The van der Waals surface area contributed by atoms with Crippen LogP contribution in [0.4, 0.5) is 5.13 Å². The molecule has 12 nitrogen and oxygen atoms in total. The number of carboxylic acid groups (broad SMARTS) is 1.